The smallest absolute Gasteiger partial charge is 0.449 e. The lowest BCUT2D eigenvalue weighted by Gasteiger charge is -2.29. The lowest BCUT2D eigenvalue weighted by molar-refractivity contribution is -0.144. The molecule has 4 aromatic rings. The summed E-state index contributed by atoms with van der Waals surface area (Å²) in [7, 11) is 1.32. The van der Waals surface area contributed by atoms with E-state index < -0.39 is 41.6 Å². The van der Waals surface area contributed by atoms with Crippen molar-refractivity contribution >= 4 is 40.6 Å². The van der Waals surface area contributed by atoms with E-state index in [1.54, 1.807) is 32.9 Å². The van der Waals surface area contributed by atoms with Crippen LogP contribution in [0.25, 0.3) is 22.2 Å². The van der Waals surface area contributed by atoms with Crippen molar-refractivity contribution in [2.75, 3.05) is 19.0 Å². The van der Waals surface area contributed by atoms with Gasteiger partial charge in [0.1, 0.15) is 11.6 Å². The van der Waals surface area contributed by atoms with Crippen LogP contribution in [0.4, 0.5) is 23.7 Å². The molecular formula is C39H44F3N5O6. The van der Waals surface area contributed by atoms with Crippen LogP contribution in [0.1, 0.15) is 73.8 Å². The normalized spacial score (nSPS) is 16.8. The van der Waals surface area contributed by atoms with E-state index in [0.29, 0.717) is 37.8 Å². The van der Waals surface area contributed by atoms with E-state index in [1.165, 1.54) is 25.3 Å². The molecule has 0 spiro atoms. The van der Waals surface area contributed by atoms with Crippen LogP contribution < -0.4 is 16.0 Å². The number of hydrogen-bond acceptors (Lipinski definition) is 7. The molecule has 3 amide bonds. The molecule has 1 saturated carbocycles. The average molecular weight is 736 g/mol. The van der Waals surface area contributed by atoms with Gasteiger partial charge in [-0.15, -0.1) is 0 Å². The zero-order valence-electron chi connectivity index (χ0n) is 30.3. The fraction of sp³-hybridized carbons (Fsp3) is 0.410. The number of alkyl carbamates (subject to hydrolysis) is 1. The van der Waals surface area contributed by atoms with Crippen molar-refractivity contribution < 1.29 is 41.8 Å². The molecule has 14 heteroatoms. The number of methoxy groups -OCH3 is 1. The van der Waals surface area contributed by atoms with Gasteiger partial charge in [0, 0.05) is 24.6 Å². The molecule has 282 valence electrons. The van der Waals surface area contributed by atoms with Gasteiger partial charge in [0.05, 0.1) is 23.7 Å². The second-order valence-electron chi connectivity index (χ2n) is 14.4. The molecule has 5 rings (SSSR count). The maximum absolute atomic E-state index is 13.8. The molecule has 1 aliphatic rings. The molecule has 1 aromatic heterocycles. The van der Waals surface area contributed by atoms with Crippen molar-refractivity contribution in [3.05, 3.63) is 83.2 Å². The number of nitrogens with zero attached hydrogens (tertiary/aromatic N) is 1. The third kappa shape index (κ3) is 10.4. The number of alkyl halides is 3. The molecule has 1 atom stereocenters. The lowest BCUT2D eigenvalue weighted by atomic mass is 9.81. The number of nitrogens with one attached hydrogen (secondary N) is 4. The predicted molar refractivity (Wildman–Crippen MR) is 193 cm³/mol. The van der Waals surface area contributed by atoms with Crippen LogP contribution in [0.2, 0.25) is 0 Å². The van der Waals surface area contributed by atoms with Crippen LogP contribution in [0.15, 0.2) is 60.7 Å². The summed E-state index contributed by atoms with van der Waals surface area (Å²) in [6, 6.07) is 16.0. The number of esters is 1. The number of anilines is 1. The number of amides is 3. The third-order valence-electron chi connectivity index (χ3n) is 9.15. The number of hydrogen-bond donors (Lipinski definition) is 4. The minimum absolute atomic E-state index is 0.0901. The number of carbonyl (C=O) groups excluding carboxylic acids is 4. The predicted octanol–water partition coefficient (Wildman–Crippen LogP) is 7.34. The van der Waals surface area contributed by atoms with Crippen molar-refractivity contribution in [1.29, 1.82) is 0 Å². The van der Waals surface area contributed by atoms with Gasteiger partial charge in [-0.1, -0.05) is 30.3 Å². The van der Waals surface area contributed by atoms with Crippen molar-refractivity contribution in [2.24, 2.45) is 11.8 Å². The Morgan fingerprint density at radius 2 is 1.64 bits per heavy atom. The molecule has 4 N–H and O–H groups in total. The van der Waals surface area contributed by atoms with Gasteiger partial charge in [-0.3, -0.25) is 9.59 Å². The molecule has 0 saturated heterocycles. The number of carbonyl (C=O) groups is 4. The first-order valence-corrected chi connectivity index (χ1v) is 17.4. The number of imidazole rings is 1. The molecule has 1 aliphatic carbocycles. The zero-order chi connectivity index (χ0) is 38.5. The Balaban J connectivity index is 1.29. The number of H-pyrrole nitrogens is 1. The van der Waals surface area contributed by atoms with Gasteiger partial charge in [0.2, 0.25) is 17.6 Å². The Morgan fingerprint density at radius 3 is 2.26 bits per heavy atom. The minimum Gasteiger partial charge on any atom is -0.465 e. The molecule has 0 aliphatic heterocycles. The number of ether oxygens (including phenoxy) is 2. The largest absolute Gasteiger partial charge is 0.465 e. The molecule has 3 aromatic carbocycles. The highest BCUT2D eigenvalue weighted by molar-refractivity contribution is 5.99. The summed E-state index contributed by atoms with van der Waals surface area (Å²) in [4.78, 5) is 57.2. The number of aryl methyl sites for hydroxylation is 1. The second kappa shape index (κ2) is 16.1. The molecule has 1 fully saturated rings. The Bertz CT molecular complexity index is 1960. The lowest BCUT2D eigenvalue weighted by Crippen LogP contribution is -2.48. The molecular weight excluding hydrogens is 691 g/mol. The fourth-order valence-corrected chi connectivity index (χ4v) is 6.41. The highest BCUT2D eigenvalue weighted by atomic mass is 19.4. The summed E-state index contributed by atoms with van der Waals surface area (Å²) in [5.74, 6) is -2.56. The number of aromatic amines is 1. The maximum Gasteiger partial charge on any atom is 0.449 e. The monoisotopic (exact) mass is 735 g/mol. The van der Waals surface area contributed by atoms with Gasteiger partial charge < -0.3 is 30.4 Å². The topological polar surface area (TPSA) is 152 Å². The Kier molecular flexibility index (Phi) is 11.8. The van der Waals surface area contributed by atoms with Crippen LogP contribution in [0, 0.1) is 18.8 Å². The first-order chi connectivity index (χ1) is 25.0. The van der Waals surface area contributed by atoms with Gasteiger partial charge in [-0.25, -0.2) is 14.6 Å². The first kappa shape index (κ1) is 38.8. The number of fused-ring (bicyclic) bond motifs is 1. The number of aromatic nitrogens is 2. The summed E-state index contributed by atoms with van der Waals surface area (Å²) in [5.41, 5.74) is 3.68. The molecule has 1 heterocycles. The Labute approximate surface area is 305 Å². The standard InChI is InChI=1S/C39H44F3N5O6/c1-22-18-27(35(50)52-5)14-16-29(22)25-10-6-23(7-11-25)19-32(34(49)44-28-15-17-30-31(20-28)47-36(46-30)39(40,41)42)45-33(48)26-12-8-24(9-13-26)21-43-37(51)53-38(2,3)4/h6-7,10-11,14-18,20,24,26,32H,8-9,12-13,19,21H2,1-5H3,(H,43,51)(H,44,49)(H,45,48)(H,46,47). The molecule has 0 radical (unpaired) electrons. The summed E-state index contributed by atoms with van der Waals surface area (Å²) < 4.78 is 49.8. The molecule has 1 unspecified atom stereocenters. The van der Waals surface area contributed by atoms with Crippen LogP contribution in [0.3, 0.4) is 0 Å². The zero-order valence-corrected chi connectivity index (χ0v) is 30.3. The fourth-order valence-electron chi connectivity index (χ4n) is 6.41. The second-order valence-corrected chi connectivity index (χ2v) is 14.4. The highest BCUT2D eigenvalue weighted by Gasteiger charge is 2.35. The average Bonchev–Trinajstić information content (AvgIpc) is 3.54. The van der Waals surface area contributed by atoms with Crippen molar-refractivity contribution in [3.63, 3.8) is 0 Å². The molecule has 53 heavy (non-hydrogen) atoms. The van der Waals surface area contributed by atoms with E-state index in [0.717, 1.165) is 22.3 Å². The van der Waals surface area contributed by atoms with Gasteiger partial charge in [0.15, 0.2) is 0 Å². The minimum atomic E-state index is -4.66. The highest BCUT2D eigenvalue weighted by Crippen LogP contribution is 2.31. The van der Waals surface area contributed by atoms with Crippen molar-refractivity contribution in [2.45, 2.75) is 77.6 Å². The SMILES string of the molecule is COC(=O)c1ccc(-c2ccc(CC(NC(=O)C3CCC(CNC(=O)OC(C)(C)C)CC3)C(=O)Nc3ccc4nc(C(F)(F)F)[nH]c4c3)cc2)c(C)c1. The van der Waals surface area contributed by atoms with Crippen LogP contribution >= 0.6 is 0 Å². The van der Waals surface area contributed by atoms with Gasteiger partial charge in [-0.05, 0) is 112 Å². The number of benzene rings is 3. The summed E-state index contributed by atoms with van der Waals surface area (Å²) >= 11 is 0. The van der Waals surface area contributed by atoms with E-state index in [4.69, 9.17) is 9.47 Å². The van der Waals surface area contributed by atoms with Gasteiger partial charge >= 0.3 is 18.2 Å². The van der Waals surface area contributed by atoms with Crippen molar-refractivity contribution in [1.82, 2.24) is 20.6 Å². The maximum atomic E-state index is 13.8. The van der Waals surface area contributed by atoms with Crippen molar-refractivity contribution in [3.8, 4) is 11.1 Å². The number of halogens is 3. The summed E-state index contributed by atoms with van der Waals surface area (Å²) in [6.07, 6.45) is -2.46. The van der Waals surface area contributed by atoms with E-state index in [-0.39, 0.29) is 40.9 Å². The first-order valence-electron chi connectivity index (χ1n) is 17.4. The molecule has 11 nitrogen and oxygen atoms in total. The third-order valence-corrected chi connectivity index (χ3v) is 9.15. The van der Waals surface area contributed by atoms with E-state index >= 15 is 0 Å². The quantitative estimate of drug-likeness (QED) is 0.124. The van der Waals surface area contributed by atoms with Gasteiger partial charge in [-0.2, -0.15) is 13.2 Å². The Hall–Kier alpha value is -5.40. The van der Waals surface area contributed by atoms with Crippen LogP contribution in [-0.4, -0.2) is 59.1 Å². The van der Waals surface area contributed by atoms with Crippen LogP contribution in [-0.2, 0) is 31.7 Å². The molecule has 0 bridgehead atoms. The van der Waals surface area contributed by atoms with E-state index in [1.807, 2.05) is 37.3 Å². The Morgan fingerprint density at radius 1 is 0.943 bits per heavy atom. The van der Waals surface area contributed by atoms with E-state index in [9.17, 15) is 32.3 Å². The van der Waals surface area contributed by atoms with Crippen LogP contribution in [0.5, 0.6) is 0 Å². The summed E-state index contributed by atoms with van der Waals surface area (Å²) in [5, 5.41) is 8.49. The number of rotatable bonds is 10. The summed E-state index contributed by atoms with van der Waals surface area (Å²) in [6.45, 7) is 7.70. The van der Waals surface area contributed by atoms with Gasteiger partial charge in [0.25, 0.3) is 0 Å². The van der Waals surface area contributed by atoms with E-state index in [2.05, 4.69) is 25.9 Å².